The van der Waals surface area contributed by atoms with Gasteiger partial charge >= 0.3 is 5.97 Å². The third kappa shape index (κ3) is 3.57. The number of aliphatic hydroxyl groups excluding tert-OH is 1. The lowest BCUT2D eigenvalue weighted by Crippen LogP contribution is -2.36. The number of aromatic nitrogens is 1. The van der Waals surface area contributed by atoms with Crippen LogP contribution in [0, 0.1) is 0 Å². The van der Waals surface area contributed by atoms with Crippen molar-refractivity contribution in [3.05, 3.63) is 48.2 Å². The molecule has 3 aromatic rings. The van der Waals surface area contributed by atoms with Crippen LogP contribution in [0.25, 0.3) is 16.4 Å². The minimum Gasteiger partial charge on any atom is -0.487 e. The van der Waals surface area contributed by atoms with Gasteiger partial charge in [0.15, 0.2) is 0 Å². The Kier molecular flexibility index (Phi) is 5.50. The van der Waals surface area contributed by atoms with Gasteiger partial charge in [0.2, 0.25) is 0 Å². The summed E-state index contributed by atoms with van der Waals surface area (Å²) in [6, 6.07) is 11.4. The van der Waals surface area contributed by atoms with Crippen molar-refractivity contribution in [2.24, 2.45) is 0 Å². The van der Waals surface area contributed by atoms with Crippen molar-refractivity contribution in [1.82, 2.24) is 9.30 Å². The Labute approximate surface area is 164 Å². The molecule has 28 heavy (non-hydrogen) atoms. The van der Waals surface area contributed by atoms with E-state index in [1.54, 1.807) is 6.92 Å². The van der Waals surface area contributed by atoms with E-state index in [1.807, 2.05) is 47.0 Å². The molecule has 1 aliphatic rings. The van der Waals surface area contributed by atoms with E-state index in [2.05, 4.69) is 4.90 Å². The van der Waals surface area contributed by atoms with Gasteiger partial charge < -0.3 is 19.0 Å². The van der Waals surface area contributed by atoms with Crippen molar-refractivity contribution in [3.63, 3.8) is 0 Å². The Balaban J connectivity index is 1.68. The molecule has 0 aliphatic carbocycles. The number of benzene rings is 1. The standard InChI is InChI=1S/C22H26N2O4/c1-2-27-22(26)21-18-9-8-16(13-20(18)24-12-4-3-7-19(21)24)28-17(15-25)14-23-10-5-6-11-23/h3-4,7-9,12-13,17,25H,2,5-6,10-11,14-15H2,1H3. The maximum absolute atomic E-state index is 12.5. The zero-order valence-corrected chi connectivity index (χ0v) is 16.1. The summed E-state index contributed by atoms with van der Waals surface area (Å²) >= 11 is 0. The highest BCUT2D eigenvalue weighted by molar-refractivity contribution is 6.11. The lowest BCUT2D eigenvalue weighted by Gasteiger charge is -2.23. The maximum atomic E-state index is 12.5. The number of ether oxygens (including phenoxy) is 2. The summed E-state index contributed by atoms with van der Waals surface area (Å²) in [4.78, 5) is 14.9. The number of carbonyl (C=O) groups is 1. The number of esters is 1. The molecule has 1 unspecified atom stereocenters. The molecule has 0 amide bonds. The van der Waals surface area contributed by atoms with Crippen LogP contribution in [0.15, 0.2) is 42.6 Å². The van der Waals surface area contributed by atoms with Gasteiger partial charge in [0.25, 0.3) is 0 Å². The van der Waals surface area contributed by atoms with E-state index < -0.39 is 0 Å². The fourth-order valence-corrected chi connectivity index (χ4v) is 3.99. The molecule has 1 N–H and O–H groups in total. The number of hydrogen-bond acceptors (Lipinski definition) is 5. The molecule has 1 fully saturated rings. The average Bonchev–Trinajstić information content (AvgIpc) is 3.33. The van der Waals surface area contributed by atoms with E-state index in [0.717, 1.165) is 36.1 Å². The Morgan fingerprint density at radius 3 is 2.75 bits per heavy atom. The first kappa shape index (κ1) is 18.8. The molecule has 1 aliphatic heterocycles. The Morgan fingerprint density at radius 1 is 1.18 bits per heavy atom. The molecule has 3 heterocycles. The number of nitrogens with zero attached hydrogens (tertiary/aromatic N) is 2. The molecule has 4 rings (SSSR count). The van der Waals surface area contributed by atoms with Crippen LogP contribution < -0.4 is 4.74 Å². The first-order valence-corrected chi connectivity index (χ1v) is 9.91. The topological polar surface area (TPSA) is 63.4 Å². The third-order valence-electron chi connectivity index (χ3n) is 5.26. The normalized spacial score (nSPS) is 15.9. The van der Waals surface area contributed by atoms with Gasteiger partial charge in [0, 0.05) is 24.2 Å². The molecule has 148 valence electrons. The van der Waals surface area contributed by atoms with Crippen molar-refractivity contribution >= 4 is 22.4 Å². The van der Waals surface area contributed by atoms with Gasteiger partial charge in [-0.2, -0.15) is 0 Å². The van der Waals surface area contributed by atoms with Gasteiger partial charge in [0.1, 0.15) is 11.9 Å². The van der Waals surface area contributed by atoms with Crippen molar-refractivity contribution in [3.8, 4) is 5.75 Å². The molecule has 6 heteroatoms. The first-order chi connectivity index (χ1) is 13.7. The predicted octanol–water partition coefficient (Wildman–Crippen LogP) is 3.10. The molecule has 6 nitrogen and oxygen atoms in total. The number of carbonyl (C=O) groups excluding carboxylic acids is 1. The first-order valence-electron chi connectivity index (χ1n) is 9.91. The van der Waals surface area contributed by atoms with Crippen molar-refractivity contribution < 1.29 is 19.4 Å². The fraction of sp³-hybridized carbons (Fsp3) is 0.409. The van der Waals surface area contributed by atoms with Crippen molar-refractivity contribution in [2.45, 2.75) is 25.9 Å². The Hall–Kier alpha value is -2.57. The lowest BCUT2D eigenvalue weighted by atomic mass is 10.1. The zero-order chi connectivity index (χ0) is 19.5. The van der Waals surface area contributed by atoms with E-state index in [-0.39, 0.29) is 18.7 Å². The summed E-state index contributed by atoms with van der Waals surface area (Å²) in [6.45, 7) is 4.95. The molecule has 1 saturated heterocycles. The van der Waals surface area contributed by atoms with Gasteiger partial charge in [0.05, 0.1) is 29.8 Å². The molecule has 0 radical (unpaired) electrons. The zero-order valence-electron chi connectivity index (χ0n) is 16.1. The summed E-state index contributed by atoms with van der Waals surface area (Å²) in [6.07, 6.45) is 4.07. The number of pyridine rings is 1. The minimum absolute atomic E-state index is 0.0302. The number of likely N-dealkylation sites (tertiary alicyclic amines) is 1. The van der Waals surface area contributed by atoms with Crippen LogP contribution in [-0.4, -0.2) is 59.3 Å². The molecular formula is C22H26N2O4. The molecule has 2 aromatic heterocycles. The summed E-state index contributed by atoms with van der Waals surface area (Å²) in [7, 11) is 0. The summed E-state index contributed by atoms with van der Waals surface area (Å²) < 4.78 is 13.3. The monoisotopic (exact) mass is 382 g/mol. The van der Waals surface area contributed by atoms with Crippen LogP contribution in [0.5, 0.6) is 5.75 Å². The third-order valence-corrected chi connectivity index (χ3v) is 5.26. The summed E-state index contributed by atoms with van der Waals surface area (Å²) in [5, 5.41) is 10.6. The molecule has 1 atom stereocenters. The van der Waals surface area contributed by atoms with Gasteiger partial charge in [-0.3, -0.25) is 4.90 Å². The van der Waals surface area contributed by atoms with Crippen LogP contribution in [-0.2, 0) is 4.74 Å². The molecule has 0 saturated carbocycles. The van der Waals surface area contributed by atoms with E-state index in [4.69, 9.17) is 9.47 Å². The molecular weight excluding hydrogens is 356 g/mol. The maximum Gasteiger partial charge on any atom is 0.340 e. The van der Waals surface area contributed by atoms with Crippen molar-refractivity contribution in [1.29, 1.82) is 0 Å². The largest absolute Gasteiger partial charge is 0.487 e. The SMILES string of the molecule is CCOC(=O)c1c2ccc(OC(CO)CN3CCCC3)cc2n2ccccc12. The summed E-state index contributed by atoms with van der Waals surface area (Å²) in [5.74, 6) is 0.363. The van der Waals surface area contributed by atoms with Gasteiger partial charge in [-0.1, -0.05) is 6.07 Å². The Morgan fingerprint density at radius 2 is 2.00 bits per heavy atom. The van der Waals surface area contributed by atoms with Crippen molar-refractivity contribution in [2.75, 3.05) is 32.8 Å². The smallest absolute Gasteiger partial charge is 0.340 e. The highest BCUT2D eigenvalue weighted by atomic mass is 16.5. The van der Waals surface area contributed by atoms with Crippen LogP contribution in [0.3, 0.4) is 0 Å². The highest BCUT2D eigenvalue weighted by Crippen LogP contribution is 2.30. The number of fused-ring (bicyclic) bond motifs is 3. The molecule has 0 spiro atoms. The fourth-order valence-electron chi connectivity index (χ4n) is 3.99. The number of hydrogen-bond donors (Lipinski definition) is 1. The van der Waals surface area contributed by atoms with E-state index in [9.17, 15) is 9.90 Å². The second-order valence-electron chi connectivity index (χ2n) is 7.16. The predicted molar refractivity (Wildman–Crippen MR) is 108 cm³/mol. The van der Waals surface area contributed by atoms with Crippen LogP contribution in [0.2, 0.25) is 0 Å². The van der Waals surface area contributed by atoms with E-state index in [1.165, 1.54) is 12.8 Å². The second kappa shape index (κ2) is 8.20. The second-order valence-corrected chi connectivity index (χ2v) is 7.16. The average molecular weight is 382 g/mol. The van der Waals surface area contributed by atoms with Crippen LogP contribution in [0.1, 0.15) is 30.1 Å². The summed E-state index contributed by atoms with van der Waals surface area (Å²) in [5.41, 5.74) is 2.26. The highest BCUT2D eigenvalue weighted by Gasteiger charge is 2.21. The van der Waals surface area contributed by atoms with Crippen LogP contribution >= 0.6 is 0 Å². The van der Waals surface area contributed by atoms with Gasteiger partial charge in [-0.15, -0.1) is 0 Å². The minimum atomic E-state index is -0.322. The van der Waals surface area contributed by atoms with E-state index in [0.29, 0.717) is 17.9 Å². The molecule has 1 aromatic carbocycles. The van der Waals surface area contributed by atoms with E-state index >= 15 is 0 Å². The molecule has 0 bridgehead atoms. The lowest BCUT2D eigenvalue weighted by molar-refractivity contribution is 0.0531. The number of rotatable bonds is 7. The Bertz CT molecular complexity index is 975. The number of aliphatic hydroxyl groups is 1. The van der Waals surface area contributed by atoms with Gasteiger partial charge in [-0.25, -0.2) is 4.79 Å². The van der Waals surface area contributed by atoms with Crippen LogP contribution in [0.4, 0.5) is 0 Å². The quantitative estimate of drug-likeness (QED) is 0.636. The van der Waals surface area contributed by atoms with Gasteiger partial charge in [-0.05, 0) is 57.1 Å².